The van der Waals surface area contributed by atoms with Crippen molar-refractivity contribution in [3.63, 3.8) is 0 Å². The van der Waals surface area contributed by atoms with Gasteiger partial charge in [-0.2, -0.15) is 0 Å². The van der Waals surface area contributed by atoms with Crippen molar-refractivity contribution in [2.45, 2.75) is 0 Å². The molecule has 0 spiro atoms. The van der Waals surface area contributed by atoms with E-state index in [9.17, 15) is 0 Å². The molecule has 0 aliphatic rings. The highest BCUT2D eigenvalue weighted by Crippen LogP contribution is 2.43. The van der Waals surface area contributed by atoms with Gasteiger partial charge in [-0.3, -0.25) is 0 Å². The number of rotatable bonds is 4. The summed E-state index contributed by atoms with van der Waals surface area (Å²) >= 11 is 0. The predicted molar refractivity (Wildman–Crippen MR) is 336 cm³/mol. The Balaban J connectivity index is 1.64. The van der Waals surface area contributed by atoms with Crippen LogP contribution in [0.5, 0.6) is 0 Å². The second-order valence-corrected chi connectivity index (χ2v) is 17.4. The Hall–Kier alpha value is -4.17. The van der Waals surface area contributed by atoms with Crippen molar-refractivity contribution in [1.29, 1.82) is 0 Å². The first-order chi connectivity index (χ1) is 33.6. The van der Waals surface area contributed by atoms with Crippen LogP contribution in [0.4, 0.5) is 0 Å². The van der Waals surface area contributed by atoms with Gasteiger partial charge in [-0.1, -0.05) is 93.5 Å². The molecule has 72 heavy (non-hydrogen) atoms. The van der Waals surface area contributed by atoms with Crippen LogP contribution in [0.2, 0.25) is 0 Å². The Morgan fingerprint density at radius 3 is 0.847 bits per heavy atom. The van der Waals surface area contributed by atoms with E-state index < -0.39 is 0 Å². The fourth-order valence-corrected chi connectivity index (χ4v) is 9.82. The molecule has 28 heteroatoms. The molecule has 0 amide bonds. The SMILES string of the molecule is [B]c1c([B])c([B])c(-c2cc([B])c3c(-c4c([B])c([B])c(-c5c([B])c([B])c([B])c([B])c5[B])c([B])c4[B])c4c([B])c([B])c([B])c([B])c4c(-c4c([B])c([B])c([B])c5c4oc4c([B])c([B])c([B])c([B])c45)c3c2[B])c([B])c1[B]. The predicted octanol–water partition coefficient (Wildman–Crippen LogP) is -20.0. The van der Waals surface area contributed by atoms with Crippen LogP contribution in [-0.4, -0.2) is 212 Å². The topological polar surface area (TPSA) is 13.1 Å². The summed E-state index contributed by atoms with van der Waals surface area (Å²) in [5.41, 5.74) is -4.43. The quantitative estimate of drug-likeness (QED) is 0.127. The molecule has 1 aromatic heterocycles. The maximum Gasteiger partial charge on any atom is 0.141 e. The van der Waals surface area contributed by atoms with Crippen LogP contribution in [0.25, 0.3) is 88.0 Å². The molecule has 54 radical (unpaired) electrons. The third-order valence-corrected chi connectivity index (χ3v) is 13.8. The van der Waals surface area contributed by atoms with Crippen LogP contribution >= 0.6 is 0 Å². The van der Waals surface area contributed by atoms with Crippen LogP contribution in [0.1, 0.15) is 0 Å². The lowest BCUT2D eigenvalue weighted by atomic mass is 9.55. The summed E-state index contributed by atoms with van der Waals surface area (Å²) < 4.78 is 6.61. The number of hydrogen-bond donors (Lipinski definition) is 0. The Kier molecular flexibility index (Phi) is 13.2. The minimum atomic E-state index is -0.250. The van der Waals surface area contributed by atoms with Crippen molar-refractivity contribution in [3.8, 4) is 44.5 Å². The molecule has 0 atom stereocenters. The molecule has 0 aliphatic heterocycles. The van der Waals surface area contributed by atoms with Crippen molar-refractivity contribution in [2.24, 2.45) is 0 Å². The van der Waals surface area contributed by atoms with Crippen LogP contribution in [0.3, 0.4) is 0 Å². The normalized spacial score (nSPS) is 11.7. The minimum absolute atomic E-state index is 0.0122. The molecule has 9 rings (SSSR count). The van der Waals surface area contributed by atoms with Crippen molar-refractivity contribution < 1.29 is 4.42 Å². The molecule has 8 aromatic carbocycles. The van der Waals surface area contributed by atoms with Gasteiger partial charge in [0.05, 0.1) is 0 Å². The van der Waals surface area contributed by atoms with Gasteiger partial charge in [0.1, 0.15) is 223 Å². The first kappa shape index (κ1) is 52.7. The van der Waals surface area contributed by atoms with Gasteiger partial charge < -0.3 is 4.42 Å². The summed E-state index contributed by atoms with van der Waals surface area (Å²) in [6.45, 7) is 0. The van der Waals surface area contributed by atoms with E-state index in [-0.39, 0.29) is 235 Å². The van der Waals surface area contributed by atoms with Gasteiger partial charge >= 0.3 is 0 Å². The molecular formula is C44HB27O. The summed E-state index contributed by atoms with van der Waals surface area (Å²) in [7, 11) is 181. The van der Waals surface area contributed by atoms with E-state index in [4.69, 9.17) is 216 Å². The van der Waals surface area contributed by atoms with E-state index in [1.54, 1.807) is 0 Å². The Bertz CT molecular complexity index is 3980. The lowest BCUT2D eigenvalue weighted by Crippen LogP contribution is -2.57. The van der Waals surface area contributed by atoms with E-state index in [1.165, 1.54) is 6.07 Å². The summed E-state index contributed by atoms with van der Waals surface area (Å²) in [6.07, 6.45) is 0. The third kappa shape index (κ3) is 6.93. The zero-order chi connectivity index (χ0) is 53.2. The number of fused-ring (bicyclic) bond motifs is 5. The monoisotopic (exact) mass is 842 g/mol. The fourth-order valence-electron chi connectivity index (χ4n) is 9.82. The Labute approximate surface area is 454 Å². The number of benzene rings is 8. The smallest absolute Gasteiger partial charge is 0.141 e. The number of hydrogen-bond acceptors (Lipinski definition) is 1. The van der Waals surface area contributed by atoms with Crippen molar-refractivity contribution >= 4 is 403 Å². The zero-order valence-electron chi connectivity index (χ0n) is 38.1. The molecule has 1 heterocycles. The highest BCUT2D eigenvalue weighted by molar-refractivity contribution is 6.76. The molecule has 9 aromatic rings. The molecule has 0 fully saturated rings. The lowest BCUT2D eigenvalue weighted by Gasteiger charge is -2.32. The second kappa shape index (κ2) is 18.0. The second-order valence-electron chi connectivity index (χ2n) is 17.4. The van der Waals surface area contributed by atoms with Gasteiger partial charge in [0, 0.05) is 16.3 Å². The van der Waals surface area contributed by atoms with Crippen LogP contribution < -0.4 is 147 Å². The largest absolute Gasteiger partial charge is 0.456 e. The summed E-state index contributed by atoms with van der Waals surface area (Å²) in [4.78, 5) is 0. The van der Waals surface area contributed by atoms with Gasteiger partial charge in [-0.25, -0.2) is 0 Å². The third-order valence-electron chi connectivity index (χ3n) is 13.8. The van der Waals surface area contributed by atoms with E-state index >= 15 is 0 Å². The molecule has 0 saturated carbocycles. The average molecular weight is 837 g/mol. The van der Waals surface area contributed by atoms with Crippen LogP contribution in [0, 0.1) is 0 Å². The van der Waals surface area contributed by atoms with Crippen molar-refractivity contribution in [1.82, 2.24) is 0 Å². The Morgan fingerprint density at radius 1 is 0.181 bits per heavy atom. The van der Waals surface area contributed by atoms with E-state index in [1.807, 2.05) is 0 Å². The molecular weight excluding hydrogens is 836 g/mol. The van der Waals surface area contributed by atoms with E-state index in [0.29, 0.717) is 0 Å². The molecule has 0 saturated heterocycles. The summed E-state index contributed by atoms with van der Waals surface area (Å²) in [6, 6.07) is 1.42. The first-order valence-electron chi connectivity index (χ1n) is 21.0. The molecule has 264 valence electrons. The minimum Gasteiger partial charge on any atom is -0.456 e. The maximum atomic E-state index is 7.48. The van der Waals surface area contributed by atoms with Gasteiger partial charge in [-0.05, 0) is 60.5 Å². The molecule has 0 unspecified atom stereocenters. The van der Waals surface area contributed by atoms with E-state index in [0.717, 1.165) is 0 Å². The van der Waals surface area contributed by atoms with Crippen molar-refractivity contribution in [2.75, 3.05) is 0 Å². The van der Waals surface area contributed by atoms with E-state index in [2.05, 4.69) is 0 Å². The van der Waals surface area contributed by atoms with Crippen molar-refractivity contribution in [3.05, 3.63) is 6.07 Å². The standard InChI is InChI=1S/C44HB27O/c45-3-1-2(4-18(47)32(61)39(68)33(62)19(4)48)17(46)8-5(3)6(11-22(51)24(53)12(25(54)23(11)52)13-26(55)36(65)40(69)37(66)27(13)56)9-10(21(50)35(64)34(63)20(9)49)7(8)14-28(57)31(60)29(58)15-16-30(59)38(67)41(70)42(71)44(16)72-43(14)15/h1H. The highest BCUT2D eigenvalue weighted by Gasteiger charge is 2.31. The highest BCUT2D eigenvalue weighted by atomic mass is 16.3. The van der Waals surface area contributed by atoms with Gasteiger partial charge in [0.25, 0.3) is 0 Å². The molecule has 1 nitrogen and oxygen atoms in total. The zero-order valence-corrected chi connectivity index (χ0v) is 38.1. The van der Waals surface area contributed by atoms with Crippen LogP contribution in [0.15, 0.2) is 10.5 Å². The fraction of sp³-hybridized carbons (Fsp3) is 0. The summed E-state index contributed by atoms with van der Waals surface area (Å²) in [5, 5.41) is 0.148. The van der Waals surface area contributed by atoms with Gasteiger partial charge in [0.15, 0.2) is 0 Å². The first-order valence-corrected chi connectivity index (χ1v) is 21.0. The molecule has 0 aliphatic carbocycles. The van der Waals surface area contributed by atoms with Gasteiger partial charge in [-0.15, -0.1) is 60.1 Å². The summed E-state index contributed by atoms with van der Waals surface area (Å²) in [5.74, 6) is 0. The lowest BCUT2D eigenvalue weighted by molar-refractivity contribution is 0.673. The average Bonchev–Trinajstić information content (AvgIpc) is 3.75. The Morgan fingerprint density at radius 2 is 0.431 bits per heavy atom. The maximum absolute atomic E-state index is 7.48. The molecule has 0 N–H and O–H groups in total. The number of furan rings is 1. The van der Waals surface area contributed by atoms with Gasteiger partial charge in [0.2, 0.25) is 0 Å². The molecule has 0 bridgehead atoms. The van der Waals surface area contributed by atoms with Crippen LogP contribution in [-0.2, 0) is 0 Å².